The fourth-order valence-corrected chi connectivity index (χ4v) is 5.20. The van der Waals surface area contributed by atoms with E-state index in [4.69, 9.17) is 4.98 Å². The average Bonchev–Trinajstić information content (AvgIpc) is 2.93. The first kappa shape index (κ1) is 12.8. The first-order valence-corrected chi connectivity index (χ1v) is 8.55. The molecule has 2 aromatic heterocycles. The van der Waals surface area contributed by atoms with Crippen LogP contribution in [0.15, 0.2) is 10.5 Å². The van der Waals surface area contributed by atoms with E-state index in [9.17, 15) is 0 Å². The Hall–Kier alpha value is -0.230. The molecule has 0 saturated carbocycles. The maximum atomic E-state index is 4.84. The van der Waals surface area contributed by atoms with Gasteiger partial charge in [-0.3, -0.25) is 0 Å². The van der Waals surface area contributed by atoms with Gasteiger partial charge in [-0.2, -0.15) is 0 Å². The van der Waals surface area contributed by atoms with Crippen molar-refractivity contribution in [3.8, 4) is 9.88 Å². The fourth-order valence-electron chi connectivity index (χ4n) is 2.37. The van der Waals surface area contributed by atoms with Crippen LogP contribution in [0.2, 0.25) is 0 Å². The topological polar surface area (TPSA) is 24.9 Å². The number of hydrogen-bond donors (Lipinski definition) is 1. The second kappa shape index (κ2) is 5.04. The summed E-state index contributed by atoms with van der Waals surface area (Å²) in [5.41, 5.74) is 1.31. The third-order valence-corrected chi connectivity index (χ3v) is 6.88. The maximum absolute atomic E-state index is 4.84. The Labute approximate surface area is 124 Å². The van der Waals surface area contributed by atoms with Gasteiger partial charge in [-0.15, -0.1) is 22.7 Å². The zero-order valence-corrected chi connectivity index (χ0v) is 13.6. The van der Waals surface area contributed by atoms with Gasteiger partial charge in [0.1, 0.15) is 5.01 Å². The Balaban J connectivity index is 2.02. The van der Waals surface area contributed by atoms with Crippen LogP contribution in [0.25, 0.3) is 9.88 Å². The predicted octanol–water partition coefficient (Wildman–Crippen LogP) is 4.54. The minimum absolute atomic E-state index is 0.504. The molecule has 1 atom stereocenters. The summed E-state index contributed by atoms with van der Waals surface area (Å²) in [7, 11) is 2.05. The minimum atomic E-state index is 0.504. The zero-order chi connectivity index (χ0) is 12.7. The molecule has 2 heterocycles. The number of rotatable bonds is 2. The molecule has 0 saturated heterocycles. The third-order valence-electron chi connectivity index (χ3n) is 3.37. The Morgan fingerprint density at radius 2 is 2.28 bits per heavy atom. The second-order valence-electron chi connectivity index (χ2n) is 4.58. The summed E-state index contributed by atoms with van der Waals surface area (Å²) in [5.74, 6) is 0. The van der Waals surface area contributed by atoms with Crippen LogP contribution in [0.4, 0.5) is 0 Å². The van der Waals surface area contributed by atoms with Crippen molar-refractivity contribution in [2.45, 2.75) is 32.2 Å². The molecule has 1 aliphatic rings. The van der Waals surface area contributed by atoms with Crippen LogP contribution in [0.1, 0.15) is 34.3 Å². The predicted molar refractivity (Wildman–Crippen MR) is 82.6 cm³/mol. The highest BCUT2D eigenvalue weighted by molar-refractivity contribution is 9.10. The second-order valence-corrected chi connectivity index (χ2v) is 7.72. The van der Waals surface area contributed by atoms with Crippen LogP contribution < -0.4 is 5.32 Å². The summed E-state index contributed by atoms with van der Waals surface area (Å²) < 4.78 is 1.20. The molecule has 0 aromatic carbocycles. The van der Waals surface area contributed by atoms with Crippen molar-refractivity contribution in [3.63, 3.8) is 0 Å². The Bertz CT molecular complexity index is 554. The zero-order valence-electron chi connectivity index (χ0n) is 10.4. The van der Waals surface area contributed by atoms with Gasteiger partial charge < -0.3 is 5.32 Å². The molecule has 3 rings (SSSR count). The SMILES string of the molecule is CNC1CCCc2nc(-c3cc(Br)c(C)s3)sc21. The molecule has 96 valence electrons. The molecule has 1 aliphatic carbocycles. The molecule has 0 amide bonds. The highest BCUT2D eigenvalue weighted by Crippen LogP contribution is 2.41. The van der Waals surface area contributed by atoms with Crippen LogP contribution >= 0.6 is 38.6 Å². The number of halogens is 1. The number of aromatic nitrogens is 1. The molecular weight excluding hydrogens is 328 g/mol. The number of aryl methyl sites for hydroxylation is 2. The van der Waals surface area contributed by atoms with Crippen molar-refractivity contribution in [1.29, 1.82) is 0 Å². The first-order chi connectivity index (χ1) is 8.69. The first-order valence-electron chi connectivity index (χ1n) is 6.12. The monoisotopic (exact) mass is 342 g/mol. The van der Waals surface area contributed by atoms with Crippen molar-refractivity contribution in [2.75, 3.05) is 7.05 Å². The van der Waals surface area contributed by atoms with Gasteiger partial charge in [-0.25, -0.2) is 4.98 Å². The summed E-state index contributed by atoms with van der Waals surface area (Å²) >= 11 is 7.27. The van der Waals surface area contributed by atoms with Gasteiger partial charge in [0.25, 0.3) is 0 Å². The minimum Gasteiger partial charge on any atom is -0.312 e. The van der Waals surface area contributed by atoms with Crippen molar-refractivity contribution in [2.24, 2.45) is 0 Å². The summed E-state index contributed by atoms with van der Waals surface area (Å²) in [6.45, 7) is 2.14. The fraction of sp³-hybridized carbons (Fsp3) is 0.462. The molecular formula is C13H15BrN2S2. The Kier molecular flexibility index (Phi) is 3.58. The maximum Gasteiger partial charge on any atom is 0.133 e. The van der Waals surface area contributed by atoms with Crippen molar-refractivity contribution >= 4 is 38.6 Å². The molecule has 2 aromatic rings. The lowest BCUT2D eigenvalue weighted by Gasteiger charge is -2.19. The van der Waals surface area contributed by atoms with Crippen LogP contribution in [0.5, 0.6) is 0 Å². The van der Waals surface area contributed by atoms with E-state index >= 15 is 0 Å². The molecule has 0 radical (unpaired) electrons. The van der Waals surface area contributed by atoms with Gasteiger partial charge in [0, 0.05) is 20.3 Å². The van der Waals surface area contributed by atoms with E-state index in [1.807, 2.05) is 29.7 Å². The lowest BCUT2D eigenvalue weighted by molar-refractivity contribution is 0.501. The number of thiophene rings is 1. The summed E-state index contributed by atoms with van der Waals surface area (Å²) in [5, 5.41) is 4.59. The van der Waals surface area contributed by atoms with E-state index in [1.54, 1.807) is 0 Å². The smallest absolute Gasteiger partial charge is 0.133 e. The van der Waals surface area contributed by atoms with E-state index in [-0.39, 0.29) is 0 Å². The molecule has 1 N–H and O–H groups in total. The molecule has 18 heavy (non-hydrogen) atoms. The number of hydrogen-bond acceptors (Lipinski definition) is 4. The Morgan fingerprint density at radius 3 is 2.94 bits per heavy atom. The number of nitrogens with zero attached hydrogens (tertiary/aromatic N) is 1. The molecule has 5 heteroatoms. The summed E-state index contributed by atoms with van der Waals surface area (Å²) in [6, 6.07) is 2.70. The van der Waals surface area contributed by atoms with E-state index in [0.717, 1.165) is 6.42 Å². The highest BCUT2D eigenvalue weighted by atomic mass is 79.9. The number of fused-ring (bicyclic) bond motifs is 1. The third kappa shape index (κ3) is 2.18. The van der Waals surface area contributed by atoms with Gasteiger partial charge in [0.05, 0.1) is 10.6 Å². The lowest BCUT2D eigenvalue weighted by Crippen LogP contribution is -2.19. The normalized spacial score (nSPS) is 18.9. The molecule has 0 fully saturated rings. The van der Waals surface area contributed by atoms with Crippen LogP contribution in [0.3, 0.4) is 0 Å². The van der Waals surface area contributed by atoms with Crippen molar-refractivity contribution in [1.82, 2.24) is 10.3 Å². The average molecular weight is 343 g/mol. The van der Waals surface area contributed by atoms with Gasteiger partial charge >= 0.3 is 0 Å². The van der Waals surface area contributed by atoms with Crippen LogP contribution in [0, 0.1) is 6.92 Å². The molecule has 0 spiro atoms. The Morgan fingerprint density at radius 1 is 1.44 bits per heavy atom. The highest BCUT2D eigenvalue weighted by Gasteiger charge is 2.24. The van der Waals surface area contributed by atoms with E-state index in [1.165, 1.54) is 42.6 Å². The lowest BCUT2D eigenvalue weighted by atomic mass is 9.98. The molecule has 1 unspecified atom stereocenters. The summed E-state index contributed by atoms with van der Waals surface area (Å²) in [6.07, 6.45) is 3.61. The van der Waals surface area contributed by atoms with E-state index in [0.29, 0.717) is 6.04 Å². The van der Waals surface area contributed by atoms with Gasteiger partial charge in [-0.1, -0.05) is 0 Å². The van der Waals surface area contributed by atoms with Gasteiger partial charge in [0.2, 0.25) is 0 Å². The summed E-state index contributed by atoms with van der Waals surface area (Å²) in [4.78, 5) is 8.90. The van der Waals surface area contributed by atoms with Crippen LogP contribution in [-0.4, -0.2) is 12.0 Å². The van der Waals surface area contributed by atoms with E-state index in [2.05, 4.69) is 34.2 Å². The quantitative estimate of drug-likeness (QED) is 0.866. The number of nitrogens with one attached hydrogen (secondary N) is 1. The van der Waals surface area contributed by atoms with E-state index < -0.39 is 0 Å². The van der Waals surface area contributed by atoms with Crippen molar-refractivity contribution < 1.29 is 0 Å². The van der Waals surface area contributed by atoms with Gasteiger partial charge in [-0.05, 0) is 55.2 Å². The molecule has 2 nitrogen and oxygen atoms in total. The standard InChI is InChI=1S/C13H15BrN2S2/c1-7-8(14)6-11(17-7)13-16-10-5-3-4-9(15-2)12(10)18-13/h6,9,15H,3-5H2,1-2H3. The van der Waals surface area contributed by atoms with Crippen molar-refractivity contribution in [3.05, 3.63) is 26.0 Å². The van der Waals surface area contributed by atoms with Crippen LogP contribution in [-0.2, 0) is 6.42 Å². The number of thiazole rings is 1. The molecule has 0 bridgehead atoms. The molecule has 0 aliphatic heterocycles. The largest absolute Gasteiger partial charge is 0.312 e. The van der Waals surface area contributed by atoms with Gasteiger partial charge in [0.15, 0.2) is 0 Å².